The van der Waals surface area contributed by atoms with Crippen LogP contribution in [-0.4, -0.2) is 28.7 Å². The molecule has 0 bridgehead atoms. The number of aliphatic hydroxyl groups excluding tert-OH is 1. The van der Waals surface area contributed by atoms with Gasteiger partial charge in [0.15, 0.2) is 0 Å². The van der Waals surface area contributed by atoms with Crippen molar-refractivity contribution in [3.63, 3.8) is 0 Å². The summed E-state index contributed by atoms with van der Waals surface area (Å²) in [5, 5.41) is 12.6. The minimum Gasteiger partial charge on any atom is -0.396 e. The quantitative estimate of drug-likeness (QED) is 0.559. The first-order valence-electron chi connectivity index (χ1n) is 10.8. The van der Waals surface area contributed by atoms with E-state index in [-0.39, 0.29) is 6.61 Å². The molecule has 0 spiro atoms. The molecule has 0 aromatic carbocycles. The average Bonchev–Trinajstić information content (AvgIpc) is 2.72. The maximum atomic E-state index is 9.31. The summed E-state index contributed by atoms with van der Waals surface area (Å²) >= 11 is 0. The highest BCUT2D eigenvalue weighted by Crippen LogP contribution is 2.33. The number of nitrogens with zero attached hydrogens (tertiary/aromatic N) is 2. The number of aliphatic hydroxyl groups is 1. The molecule has 0 aliphatic carbocycles. The van der Waals surface area contributed by atoms with Gasteiger partial charge in [0.05, 0.1) is 11.4 Å². The molecule has 0 radical (unpaired) electrons. The normalized spacial score (nSPS) is 13.1. The van der Waals surface area contributed by atoms with E-state index in [0.717, 1.165) is 47.7 Å². The zero-order valence-electron chi connectivity index (χ0n) is 19.1. The number of pyridine rings is 2. The lowest BCUT2D eigenvalue weighted by Crippen LogP contribution is -2.09. The molecular formula is C25H37N3O. The number of aromatic nitrogens is 2. The molecule has 29 heavy (non-hydrogen) atoms. The Morgan fingerprint density at radius 3 is 2.45 bits per heavy atom. The smallest absolute Gasteiger partial charge is 0.135 e. The van der Waals surface area contributed by atoms with Crippen molar-refractivity contribution in [3.05, 3.63) is 46.8 Å². The lowest BCUT2D eigenvalue weighted by atomic mass is 9.91. The molecular weight excluding hydrogens is 358 g/mol. The lowest BCUT2D eigenvalue weighted by Gasteiger charge is -2.19. The molecule has 2 aromatic rings. The number of nitrogens with one attached hydrogen (secondary N) is 1. The van der Waals surface area contributed by atoms with Crippen molar-refractivity contribution in [2.75, 3.05) is 19.0 Å². The first-order valence-corrected chi connectivity index (χ1v) is 10.8. The molecule has 0 fully saturated rings. The summed E-state index contributed by atoms with van der Waals surface area (Å²) < 4.78 is 0. The molecule has 0 unspecified atom stereocenters. The number of rotatable bonds is 9. The van der Waals surface area contributed by atoms with Gasteiger partial charge in [-0.2, -0.15) is 0 Å². The van der Waals surface area contributed by atoms with E-state index in [1.54, 1.807) is 0 Å². The van der Waals surface area contributed by atoms with Gasteiger partial charge in [-0.3, -0.25) is 0 Å². The van der Waals surface area contributed by atoms with E-state index >= 15 is 0 Å². The van der Waals surface area contributed by atoms with E-state index in [9.17, 15) is 5.11 Å². The molecule has 1 atom stereocenters. The Morgan fingerprint density at radius 2 is 1.90 bits per heavy atom. The molecule has 0 aliphatic rings. The Balaban J connectivity index is 2.66. The summed E-state index contributed by atoms with van der Waals surface area (Å²) in [5.74, 6) is 1.68. The number of aryl methyl sites for hydroxylation is 1. The van der Waals surface area contributed by atoms with Crippen LogP contribution >= 0.6 is 0 Å². The van der Waals surface area contributed by atoms with Gasteiger partial charge in [-0.1, -0.05) is 39.8 Å². The third kappa shape index (κ3) is 5.45. The van der Waals surface area contributed by atoms with Crippen LogP contribution in [0.1, 0.15) is 76.4 Å². The summed E-state index contributed by atoms with van der Waals surface area (Å²) in [7, 11) is 1.92. The lowest BCUT2D eigenvalue weighted by molar-refractivity contribution is 0.262. The third-order valence-electron chi connectivity index (χ3n) is 5.56. The third-order valence-corrected chi connectivity index (χ3v) is 5.56. The summed E-state index contributed by atoms with van der Waals surface area (Å²) in [6.45, 7) is 13.1. The van der Waals surface area contributed by atoms with Crippen LogP contribution in [-0.2, 0) is 12.8 Å². The second-order valence-corrected chi connectivity index (χ2v) is 8.19. The van der Waals surface area contributed by atoms with Gasteiger partial charge in [-0.25, -0.2) is 9.97 Å². The minimum absolute atomic E-state index is 0.227. The first kappa shape index (κ1) is 23.1. The molecule has 0 amide bonds. The highest BCUT2D eigenvalue weighted by Gasteiger charge is 2.18. The molecule has 0 aliphatic heterocycles. The molecule has 4 heteroatoms. The van der Waals surface area contributed by atoms with E-state index in [0.29, 0.717) is 11.8 Å². The molecule has 0 saturated carbocycles. The van der Waals surface area contributed by atoms with E-state index in [4.69, 9.17) is 9.97 Å². The first-order chi connectivity index (χ1) is 13.9. The summed E-state index contributed by atoms with van der Waals surface area (Å²) in [6, 6.07) is 6.58. The molecule has 2 N–H and O–H groups in total. The molecule has 0 saturated heterocycles. The molecule has 158 valence electrons. The van der Waals surface area contributed by atoms with Gasteiger partial charge in [0, 0.05) is 24.9 Å². The predicted octanol–water partition coefficient (Wildman–Crippen LogP) is 5.86. The van der Waals surface area contributed by atoms with Gasteiger partial charge in [0.25, 0.3) is 0 Å². The molecule has 2 aromatic heterocycles. The van der Waals surface area contributed by atoms with Crippen LogP contribution in [0.15, 0.2) is 24.3 Å². The van der Waals surface area contributed by atoms with Gasteiger partial charge in [-0.15, -0.1) is 0 Å². The molecule has 4 nitrogen and oxygen atoms in total. The van der Waals surface area contributed by atoms with Crippen molar-refractivity contribution < 1.29 is 5.11 Å². The fourth-order valence-electron chi connectivity index (χ4n) is 3.61. The maximum absolute atomic E-state index is 9.31. The van der Waals surface area contributed by atoms with E-state index in [2.05, 4.69) is 71.1 Å². The van der Waals surface area contributed by atoms with Crippen molar-refractivity contribution in [2.45, 2.75) is 66.7 Å². The second-order valence-electron chi connectivity index (χ2n) is 8.19. The largest absolute Gasteiger partial charge is 0.396 e. The fraction of sp³-hybridized carbons (Fsp3) is 0.520. The van der Waals surface area contributed by atoms with Crippen molar-refractivity contribution in [3.8, 4) is 11.3 Å². The van der Waals surface area contributed by atoms with Gasteiger partial charge in [-0.05, 0) is 73.8 Å². The zero-order chi connectivity index (χ0) is 21.6. The van der Waals surface area contributed by atoms with Crippen LogP contribution < -0.4 is 5.32 Å². The summed E-state index contributed by atoms with van der Waals surface area (Å²) in [4.78, 5) is 10.0. The molecule has 2 rings (SSSR count). The van der Waals surface area contributed by atoms with Gasteiger partial charge in [0.1, 0.15) is 5.82 Å². The number of allylic oxidation sites excluding steroid dienone is 2. The van der Waals surface area contributed by atoms with Crippen LogP contribution in [0.3, 0.4) is 0 Å². The Kier molecular flexibility index (Phi) is 8.39. The maximum Gasteiger partial charge on any atom is 0.135 e. The Bertz CT molecular complexity index is 855. The van der Waals surface area contributed by atoms with Crippen LogP contribution in [0, 0.1) is 5.92 Å². The highest BCUT2D eigenvalue weighted by atomic mass is 16.3. The second kappa shape index (κ2) is 10.5. The summed E-state index contributed by atoms with van der Waals surface area (Å²) in [5.41, 5.74) is 7.87. The number of hydrogen-bond acceptors (Lipinski definition) is 4. The van der Waals surface area contributed by atoms with E-state index in [1.165, 1.54) is 16.7 Å². The Labute approximate surface area is 176 Å². The monoisotopic (exact) mass is 395 g/mol. The van der Waals surface area contributed by atoms with Gasteiger partial charge in [0.2, 0.25) is 0 Å². The van der Waals surface area contributed by atoms with Gasteiger partial charge >= 0.3 is 0 Å². The fourth-order valence-corrected chi connectivity index (χ4v) is 3.61. The van der Waals surface area contributed by atoms with Crippen molar-refractivity contribution >= 4 is 11.4 Å². The number of anilines is 1. The van der Waals surface area contributed by atoms with Gasteiger partial charge < -0.3 is 10.4 Å². The van der Waals surface area contributed by atoms with Crippen molar-refractivity contribution in [1.82, 2.24) is 9.97 Å². The van der Waals surface area contributed by atoms with Crippen LogP contribution in [0.4, 0.5) is 5.82 Å². The SMILES string of the molecule is C/C=C(/C)c1nc(-c2ccc(C(C)C)nc2NC)c(CC)cc1C[C@@H](C)CCO. The van der Waals surface area contributed by atoms with Crippen LogP contribution in [0.25, 0.3) is 16.8 Å². The van der Waals surface area contributed by atoms with E-state index in [1.807, 2.05) is 7.05 Å². The van der Waals surface area contributed by atoms with E-state index < -0.39 is 0 Å². The molecule has 2 heterocycles. The predicted molar refractivity (Wildman–Crippen MR) is 124 cm³/mol. The highest BCUT2D eigenvalue weighted by molar-refractivity contribution is 5.77. The standard InChI is InChI=1S/C25H37N3O/c1-8-18(6)23-20(14-17(5)12-13-29)15-19(9-2)24(28-23)21-10-11-22(16(3)4)27-25(21)26-7/h8,10-11,15-17,29H,9,12-14H2,1-7H3,(H,26,27)/b18-8-/t17-/m0/s1. The van der Waals surface area contributed by atoms with Crippen LogP contribution in [0.2, 0.25) is 0 Å². The van der Waals surface area contributed by atoms with Crippen molar-refractivity contribution in [2.24, 2.45) is 5.92 Å². The average molecular weight is 396 g/mol. The minimum atomic E-state index is 0.227. The van der Waals surface area contributed by atoms with Crippen LogP contribution in [0.5, 0.6) is 0 Å². The summed E-state index contributed by atoms with van der Waals surface area (Å²) in [6.07, 6.45) is 4.76. The zero-order valence-corrected chi connectivity index (χ0v) is 19.1. The number of hydrogen-bond donors (Lipinski definition) is 2. The Morgan fingerprint density at radius 1 is 1.17 bits per heavy atom. The Hall–Kier alpha value is -2.20. The van der Waals surface area contributed by atoms with Crippen molar-refractivity contribution in [1.29, 1.82) is 0 Å². The topological polar surface area (TPSA) is 58.0 Å².